The molecule has 0 saturated heterocycles. The van der Waals surface area contributed by atoms with Crippen LogP contribution in [0.15, 0.2) is 120 Å². The van der Waals surface area contributed by atoms with Gasteiger partial charge in [-0.1, -0.05) is 66.7 Å². The number of hydrogen-bond donors (Lipinski definition) is 3. The van der Waals surface area contributed by atoms with E-state index < -0.39 is 22.0 Å². The number of nitrogens with one attached hydrogen (secondary N) is 3. The normalized spacial score (nSPS) is 12.1. The predicted octanol–water partition coefficient (Wildman–Crippen LogP) is 5.05. The van der Waals surface area contributed by atoms with E-state index in [4.69, 9.17) is 4.74 Å². The van der Waals surface area contributed by atoms with Gasteiger partial charge >= 0.3 is 5.97 Å². The van der Waals surface area contributed by atoms with Crippen molar-refractivity contribution in [1.82, 2.24) is 9.71 Å². The van der Waals surface area contributed by atoms with E-state index in [1.165, 1.54) is 24.3 Å². The van der Waals surface area contributed by atoms with Crippen molar-refractivity contribution < 1.29 is 22.7 Å². The topological polar surface area (TPSA) is 117 Å². The Morgan fingerprint density at radius 2 is 1.45 bits per heavy atom. The fraction of sp³-hybridized carbons (Fsp3) is 0.0968. The second-order valence-electron chi connectivity index (χ2n) is 9.18. The van der Waals surface area contributed by atoms with Gasteiger partial charge in [-0.3, -0.25) is 9.59 Å². The molecule has 40 heavy (non-hydrogen) atoms. The standard InChI is InChI=1S/C31H27N3O5S/c35-30(23-11-5-2-6-12-23)33-25-15-17-26(18-16-25)40(37,38)34-29(31(36)39-21-22-9-3-1-4-10-22)19-24-20-32-28-14-8-7-13-27(24)28/h1-18,20,29,32,34H,19,21H2,(H,33,35)/t29-/m0/s1. The van der Waals surface area contributed by atoms with Gasteiger partial charge in [-0.15, -0.1) is 0 Å². The largest absolute Gasteiger partial charge is 0.460 e. The van der Waals surface area contributed by atoms with Crippen LogP contribution in [0, 0.1) is 0 Å². The lowest BCUT2D eigenvalue weighted by atomic mass is 10.1. The summed E-state index contributed by atoms with van der Waals surface area (Å²) in [6.07, 6.45) is 1.85. The van der Waals surface area contributed by atoms with E-state index in [2.05, 4.69) is 15.0 Å². The van der Waals surface area contributed by atoms with Gasteiger partial charge in [0, 0.05) is 34.8 Å². The summed E-state index contributed by atoms with van der Waals surface area (Å²) < 4.78 is 34.8. The van der Waals surface area contributed by atoms with Crippen LogP contribution in [0.1, 0.15) is 21.5 Å². The lowest BCUT2D eigenvalue weighted by molar-refractivity contribution is -0.147. The Labute approximate surface area is 232 Å². The molecule has 0 saturated carbocycles. The molecule has 9 heteroatoms. The highest BCUT2D eigenvalue weighted by molar-refractivity contribution is 7.89. The number of aromatic nitrogens is 1. The van der Waals surface area contributed by atoms with E-state index in [0.717, 1.165) is 22.0 Å². The van der Waals surface area contributed by atoms with Crippen molar-refractivity contribution in [3.05, 3.63) is 132 Å². The molecule has 202 valence electrons. The summed E-state index contributed by atoms with van der Waals surface area (Å²) >= 11 is 0. The number of carbonyl (C=O) groups is 2. The molecule has 0 radical (unpaired) electrons. The minimum Gasteiger partial charge on any atom is -0.460 e. The smallest absolute Gasteiger partial charge is 0.324 e. The van der Waals surface area contributed by atoms with E-state index in [1.54, 1.807) is 30.5 Å². The second kappa shape index (κ2) is 12.0. The molecular weight excluding hydrogens is 526 g/mol. The third-order valence-electron chi connectivity index (χ3n) is 6.36. The molecule has 0 spiro atoms. The van der Waals surface area contributed by atoms with Gasteiger partial charge in [-0.25, -0.2) is 8.42 Å². The molecule has 1 aromatic heterocycles. The summed E-state index contributed by atoms with van der Waals surface area (Å²) in [6.45, 7) is 0.0155. The van der Waals surface area contributed by atoms with Crippen molar-refractivity contribution in [2.24, 2.45) is 0 Å². The molecule has 0 aliphatic carbocycles. The average molecular weight is 554 g/mol. The van der Waals surface area contributed by atoms with Gasteiger partial charge in [-0.05, 0) is 53.6 Å². The van der Waals surface area contributed by atoms with Crippen molar-refractivity contribution in [2.45, 2.75) is 24.0 Å². The van der Waals surface area contributed by atoms with Crippen molar-refractivity contribution in [2.75, 3.05) is 5.32 Å². The first-order valence-corrected chi connectivity index (χ1v) is 14.1. The number of fused-ring (bicyclic) bond motifs is 1. The average Bonchev–Trinajstić information content (AvgIpc) is 3.39. The molecule has 0 aliphatic rings. The maximum absolute atomic E-state index is 13.4. The summed E-state index contributed by atoms with van der Waals surface area (Å²) in [5.41, 5.74) is 3.36. The third-order valence-corrected chi connectivity index (χ3v) is 7.85. The first-order chi connectivity index (χ1) is 19.4. The molecule has 5 aromatic rings. The number of H-pyrrole nitrogens is 1. The Morgan fingerprint density at radius 1 is 0.800 bits per heavy atom. The third kappa shape index (κ3) is 6.45. The molecule has 1 amide bonds. The lowest BCUT2D eigenvalue weighted by Crippen LogP contribution is -2.43. The molecule has 0 bridgehead atoms. The van der Waals surface area contributed by atoms with Gasteiger partial charge in [0.2, 0.25) is 10.0 Å². The SMILES string of the molecule is O=C(Nc1ccc(S(=O)(=O)N[C@@H](Cc2c[nH]c3ccccc23)C(=O)OCc2ccccc2)cc1)c1ccccc1. The molecule has 5 rings (SSSR count). The number of para-hydroxylation sites is 1. The second-order valence-corrected chi connectivity index (χ2v) is 10.9. The van der Waals surface area contributed by atoms with Crippen molar-refractivity contribution in [3.63, 3.8) is 0 Å². The van der Waals surface area contributed by atoms with Gasteiger partial charge < -0.3 is 15.0 Å². The van der Waals surface area contributed by atoms with E-state index in [1.807, 2.05) is 60.7 Å². The number of anilines is 1. The van der Waals surface area contributed by atoms with Crippen LogP contribution >= 0.6 is 0 Å². The van der Waals surface area contributed by atoms with Crippen LogP contribution in [0.2, 0.25) is 0 Å². The van der Waals surface area contributed by atoms with Crippen LogP contribution in [0.3, 0.4) is 0 Å². The summed E-state index contributed by atoms with van der Waals surface area (Å²) in [5.74, 6) is -1.00. The molecule has 0 aliphatic heterocycles. The van der Waals surface area contributed by atoms with Crippen LogP contribution in [0.4, 0.5) is 5.69 Å². The lowest BCUT2D eigenvalue weighted by Gasteiger charge is -2.18. The molecular formula is C31H27N3O5S. The molecule has 1 heterocycles. The van der Waals surface area contributed by atoms with E-state index in [0.29, 0.717) is 11.3 Å². The van der Waals surface area contributed by atoms with Gasteiger partial charge in [0.05, 0.1) is 4.90 Å². The number of rotatable bonds is 10. The van der Waals surface area contributed by atoms with E-state index in [9.17, 15) is 18.0 Å². The van der Waals surface area contributed by atoms with Crippen LogP contribution < -0.4 is 10.0 Å². The quantitative estimate of drug-likeness (QED) is 0.209. The van der Waals surface area contributed by atoms with Crippen LogP contribution in [0.25, 0.3) is 10.9 Å². The Kier molecular flexibility index (Phi) is 8.04. The highest BCUT2D eigenvalue weighted by Gasteiger charge is 2.28. The fourth-order valence-corrected chi connectivity index (χ4v) is 5.47. The first-order valence-electron chi connectivity index (χ1n) is 12.6. The van der Waals surface area contributed by atoms with E-state index >= 15 is 0 Å². The molecule has 4 aromatic carbocycles. The molecule has 3 N–H and O–H groups in total. The maximum atomic E-state index is 13.4. The minimum atomic E-state index is -4.12. The zero-order valence-corrected chi connectivity index (χ0v) is 22.2. The number of amides is 1. The molecule has 0 unspecified atom stereocenters. The van der Waals surface area contributed by atoms with Crippen molar-refractivity contribution in [3.8, 4) is 0 Å². The van der Waals surface area contributed by atoms with E-state index in [-0.39, 0.29) is 23.8 Å². The Balaban J connectivity index is 1.34. The number of esters is 1. The zero-order valence-electron chi connectivity index (χ0n) is 21.4. The summed E-state index contributed by atoms with van der Waals surface area (Å²) in [7, 11) is -4.12. The Hall–Kier alpha value is -4.73. The highest BCUT2D eigenvalue weighted by atomic mass is 32.2. The summed E-state index contributed by atoms with van der Waals surface area (Å²) in [5, 5.41) is 3.63. The van der Waals surface area contributed by atoms with Gasteiger partial charge in [0.1, 0.15) is 12.6 Å². The number of hydrogen-bond acceptors (Lipinski definition) is 5. The van der Waals surface area contributed by atoms with Crippen molar-refractivity contribution >= 4 is 38.5 Å². The predicted molar refractivity (Wildman–Crippen MR) is 153 cm³/mol. The fourth-order valence-electron chi connectivity index (χ4n) is 4.29. The van der Waals surface area contributed by atoms with Gasteiger partial charge in [0.15, 0.2) is 0 Å². The first kappa shape index (κ1) is 26.9. The van der Waals surface area contributed by atoms with Crippen LogP contribution in [-0.4, -0.2) is 31.3 Å². The number of sulfonamides is 1. The molecule has 1 atom stereocenters. The van der Waals surface area contributed by atoms with Crippen LogP contribution in [-0.2, 0) is 32.6 Å². The van der Waals surface area contributed by atoms with Crippen molar-refractivity contribution in [1.29, 1.82) is 0 Å². The minimum absolute atomic E-state index is 0.0155. The molecule has 8 nitrogen and oxygen atoms in total. The monoisotopic (exact) mass is 553 g/mol. The van der Waals surface area contributed by atoms with Gasteiger partial charge in [0.25, 0.3) is 5.91 Å². The number of ether oxygens (including phenoxy) is 1. The zero-order chi connectivity index (χ0) is 28.0. The molecule has 0 fully saturated rings. The number of carbonyl (C=O) groups excluding carboxylic acids is 2. The Bertz CT molecular complexity index is 1720. The highest BCUT2D eigenvalue weighted by Crippen LogP contribution is 2.21. The number of benzene rings is 4. The summed E-state index contributed by atoms with van der Waals surface area (Å²) in [6, 6.07) is 30.0. The Morgan fingerprint density at radius 3 is 2.17 bits per heavy atom. The maximum Gasteiger partial charge on any atom is 0.324 e. The number of aromatic amines is 1. The summed E-state index contributed by atoms with van der Waals surface area (Å²) in [4.78, 5) is 28.7. The van der Waals surface area contributed by atoms with Gasteiger partial charge in [-0.2, -0.15) is 4.72 Å². The van der Waals surface area contributed by atoms with Crippen LogP contribution in [0.5, 0.6) is 0 Å².